The summed E-state index contributed by atoms with van der Waals surface area (Å²) in [6, 6.07) is 0. The first-order valence-electron chi connectivity index (χ1n) is 4.67. The SMILES string of the molecule is C=C(CCCCCCS(=O)(=O)O)C(=O)[O-].[Na+]. The number of aliphatic carboxylic acids is 1. The molecular formula is C9H15NaO5S. The smallest absolute Gasteiger partial charge is 0.545 e. The maximum Gasteiger partial charge on any atom is 1.00 e. The zero-order chi connectivity index (χ0) is 11.9. The molecular weight excluding hydrogens is 243 g/mol. The molecule has 0 heterocycles. The second kappa shape index (κ2) is 9.18. The number of carboxylic acid groups (broad SMARTS) is 1. The van der Waals surface area contributed by atoms with E-state index in [9.17, 15) is 18.3 Å². The summed E-state index contributed by atoms with van der Waals surface area (Å²) in [6.45, 7) is 3.31. The summed E-state index contributed by atoms with van der Waals surface area (Å²) >= 11 is 0. The molecule has 16 heavy (non-hydrogen) atoms. The Kier molecular flexibility index (Phi) is 10.6. The Morgan fingerprint density at radius 1 is 1.19 bits per heavy atom. The zero-order valence-corrected chi connectivity index (χ0v) is 12.3. The van der Waals surface area contributed by atoms with Gasteiger partial charge in [-0.2, -0.15) is 8.42 Å². The van der Waals surface area contributed by atoms with Crippen LogP contribution in [0.3, 0.4) is 0 Å². The van der Waals surface area contributed by atoms with Gasteiger partial charge in [0.1, 0.15) is 0 Å². The number of unbranched alkanes of at least 4 members (excludes halogenated alkanes) is 3. The van der Waals surface area contributed by atoms with Gasteiger partial charge in [0.25, 0.3) is 10.1 Å². The Morgan fingerprint density at radius 2 is 1.69 bits per heavy atom. The topological polar surface area (TPSA) is 94.5 Å². The standard InChI is InChI=1S/C9H16O5S.Na/c1-8(9(10)11)6-4-2-3-5-7-15(12,13)14;/h1-7H2,(H,10,11)(H,12,13,14);/q;+1/p-1. The van der Waals surface area contributed by atoms with Crippen molar-refractivity contribution in [3.8, 4) is 0 Å². The van der Waals surface area contributed by atoms with Crippen LogP contribution >= 0.6 is 0 Å². The van der Waals surface area contributed by atoms with Crippen LogP contribution in [0, 0.1) is 0 Å². The molecule has 0 fully saturated rings. The first kappa shape index (κ1) is 18.5. The van der Waals surface area contributed by atoms with Crippen molar-refractivity contribution in [2.24, 2.45) is 0 Å². The molecule has 7 heteroatoms. The minimum absolute atomic E-state index is 0. The van der Waals surface area contributed by atoms with Gasteiger partial charge in [-0.1, -0.05) is 19.4 Å². The van der Waals surface area contributed by atoms with Gasteiger partial charge < -0.3 is 9.90 Å². The van der Waals surface area contributed by atoms with Gasteiger partial charge in [0, 0.05) is 0 Å². The summed E-state index contributed by atoms with van der Waals surface area (Å²) in [5.41, 5.74) is 0.0600. The Labute approximate surface area is 118 Å². The van der Waals surface area contributed by atoms with Gasteiger partial charge in [0.2, 0.25) is 0 Å². The summed E-state index contributed by atoms with van der Waals surface area (Å²) < 4.78 is 29.0. The largest absolute Gasteiger partial charge is 1.00 e. The second-order valence-electron chi connectivity index (χ2n) is 3.34. The predicted octanol–water partition coefficient (Wildman–Crippen LogP) is -2.87. The van der Waals surface area contributed by atoms with Crippen LogP contribution in [0.2, 0.25) is 0 Å². The monoisotopic (exact) mass is 258 g/mol. The van der Waals surface area contributed by atoms with Gasteiger partial charge in [-0.3, -0.25) is 4.55 Å². The number of carboxylic acids is 1. The van der Waals surface area contributed by atoms with E-state index >= 15 is 0 Å². The van der Waals surface area contributed by atoms with Crippen molar-refractivity contribution in [1.29, 1.82) is 0 Å². The molecule has 0 rings (SSSR count). The fourth-order valence-corrected chi connectivity index (χ4v) is 1.65. The maximum atomic E-state index is 10.3. The van der Waals surface area contributed by atoms with Crippen molar-refractivity contribution in [2.75, 3.05) is 5.75 Å². The first-order chi connectivity index (χ1) is 6.83. The molecule has 0 aliphatic carbocycles. The summed E-state index contributed by atoms with van der Waals surface area (Å²) in [6.07, 6.45) is 2.73. The van der Waals surface area contributed by atoms with Crippen molar-refractivity contribution < 1.29 is 52.4 Å². The van der Waals surface area contributed by atoms with Crippen molar-refractivity contribution >= 4 is 16.1 Å². The molecule has 0 aromatic heterocycles. The normalized spacial score (nSPS) is 10.6. The number of hydrogen-bond donors (Lipinski definition) is 1. The minimum Gasteiger partial charge on any atom is -0.545 e. The van der Waals surface area contributed by atoms with Gasteiger partial charge in [0.05, 0.1) is 11.7 Å². The molecule has 88 valence electrons. The number of rotatable bonds is 8. The average Bonchev–Trinajstić information content (AvgIpc) is 2.08. The maximum absolute atomic E-state index is 10.3. The molecule has 0 amide bonds. The fraction of sp³-hybridized carbons (Fsp3) is 0.667. The quantitative estimate of drug-likeness (QED) is 0.219. The van der Waals surface area contributed by atoms with Crippen LogP contribution in [0.1, 0.15) is 32.1 Å². The molecule has 0 aromatic carbocycles. The summed E-state index contributed by atoms with van der Waals surface area (Å²) in [7, 11) is -3.86. The summed E-state index contributed by atoms with van der Waals surface area (Å²) in [4.78, 5) is 10.2. The third kappa shape index (κ3) is 12.2. The van der Waals surface area contributed by atoms with E-state index in [4.69, 9.17) is 4.55 Å². The number of carbonyl (C=O) groups is 1. The Bertz CT molecular complexity index is 323. The molecule has 0 aliphatic rings. The molecule has 0 aliphatic heterocycles. The number of carbonyl (C=O) groups excluding carboxylic acids is 1. The molecule has 0 saturated heterocycles. The second-order valence-corrected chi connectivity index (χ2v) is 4.91. The van der Waals surface area contributed by atoms with E-state index in [0.29, 0.717) is 32.1 Å². The first-order valence-corrected chi connectivity index (χ1v) is 6.28. The Morgan fingerprint density at radius 3 is 2.12 bits per heavy atom. The van der Waals surface area contributed by atoms with Crippen LogP contribution in [-0.2, 0) is 14.9 Å². The van der Waals surface area contributed by atoms with Crippen molar-refractivity contribution in [3.63, 3.8) is 0 Å². The van der Waals surface area contributed by atoms with Crippen molar-refractivity contribution in [3.05, 3.63) is 12.2 Å². The van der Waals surface area contributed by atoms with E-state index in [0.717, 1.165) is 0 Å². The van der Waals surface area contributed by atoms with E-state index < -0.39 is 16.1 Å². The fourth-order valence-electron chi connectivity index (χ4n) is 1.08. The summed E-state index contributed by atoms with van der Waals surface area (Å²) in [5.74, 6) is -1.48. The van der Waals surface area contributed by atoms with Gasteiger partial charge in [-0.15, -0.1) is 0 Å². The zero-order valence-electron chi connectivity index (χ0n) is 9.44. The van der Waals surface area contributed by atoms with Crippen molar-refractivity contribution in [1.82, 2.24) is 0 Å². The van der Waals surface area contributed by atoms with Crippen LogP contribution in [0.25, 0.3) is 0 Å². The molecule has 0 bridgehead atoms. The van der Waals surface area contributed by atoms with Crippen LogP contribution in [-0.4, -0.2) is 24.7 Å². The van der Waals surface area contributed by atoms with Gasteiger partial charge in [-0.05, 0) is 24.8 Å². The van der Waals surface area contributed by atoms with Crippen LogP contribution in [0.4, 0.5) is 0 Å². The molecule has 0 radical (unpaired) electrons. The molecule has 0 spiro atoms. The number of hydrogen-bond acceptors (Lipinski definition) is 4. The van der Waals surface area contributed by atoms with Crippen LogP contribution < -0.4 is 34.7 Å². The van der Waals surface area contributed by atoms with Crippen LogP contribution in [0.5, 0.6) is 0 Å². The van der Waals surface area contributed by atoms with E-state index in [2.05, 4.69) is 6.58 Å². The third-order valence-electron chi connectivity index (χ3n) is 1.92. The van der Waals surface area contributed by atoms with E-state index in [1.807, 2.05) is 0 Å². The van der Waals surface area contributed by atoms with E-state index in [-0.39, 0.29) is 40.9 Å². The molecule has 1 N–H and O–H groups in total. The van der Waals surface area contributed by atoms with E-state index in [1.54, 1.807) is 0 Å². The Balaban J connectivity index is 0. The molecule has 0 atom stereocenters. The molecule has 5 nitrogen and oxygen atoms in total. The average molecular weight is 258 g/mol. The van der Waals surface area contributed by atoms with Crippen molar-refractivity contribution in [2.45, 2.75) is 32.1 Å². The third-order valence-corrected chi connectivity index (χ3v) is 2.72. The molecule has 0 saturated carbocycles. The van der Waals surface area contributed by atoms with E-state index in [1.165, 1.54) is 0 Å². The summed E-state index contributed by atoms with van der Waals surface area (Å²) in [5, 5.41) is 10.2. The van der Waals surface area contributed by atoms with Gasteiger partial charge >= 0.3 is 29.6 Å². The molecule has 0 aromatic rings. The van der Waals surface area contributed by atoms with Gasteiger partial charge in [-0.25, -0.2) is 0 Å². The minimum atomic E-state index is -3.86. The van der Waals surface area contributed by atoms with Gasteiger partial charge in [0.15, 0.2) is 0 Å². The predicted molar refractivity (Wildman–Crippen MR) is 53.6 cm³/mol. The molecule has 0 unspecified atom stereocenters. The van der Waals surface area contributed by atoms with Crippen LogP contribution in [0.15, 0.2) is 12.2 Å². The Hall–Kier alpha value is 0.120.